The van der Waals surface area contributed by atoms with Crippen molar-refractivity contribution >= 4 is 5.91 Å². The van der Waals surface area contributed by atoms with Gasteiger partial charge in [0.2, 0.25) is 0 Å². The number of carbonyl (C=O) groups excluding carboxylic acids is 1. The van der Waals surface area contributed by atoms with E-state index in [9.17, 15) is 13.6 Å². The largest absolute Gasteiger partial charge is 0.483 e. The van der Waals surface area contributed by atoms with Gasteiger partial charge in [-0.05, 0) is 18.6 Å². The Bertz CT molecular complexity index is 484. The fraction of sp³-hybridized carbons (Fsp3) is 0.333. The van der Waals surface area contributed by atoms with Crippen LogP contribution in [-0.4, -0.2) is 19.1 Å². The Morgan fingerprint density at radius 1 is 1.44 bits per heavy atom. The van der Waals surface area contributed by atoms with Crippen molar-refractivity contribution in [3.05, 3.63) is 29.3 Å². The number of nitriles is 1. The molecule has 0 aromatic heterocycles. The van der Waals surface area contributed by atoms with Crippen molar-refractivity contribution in [3.8, 4) is 11.8 Å². The molecule has 18 heavy (non-hydrogen) atoms. The maximum Gasteiger partial charge on any atom is 0.257 e. The second-order valence-electron chi connectivity index (χ2n) is 3.58. The van der Waals surface area contributed by atoms with Crippen LogP contribution in [0.1, 0.15) is 12.0 Å². The van der Waals surface area contributed by atoms with E-state index < -0.39 is 17.5 Å². The van der Waals surface area contributed by atoms with Gasteiger partial charge in [0.1, 0.15) is 5.75 Å². The van der Waals surface area contributed by atoms with Gasteiger partial charge in [-0.25, -0.2) is 8.78 Å². The molecular formula is C12H12F2N2O2. The minimum atomic E-state index is -1.03. The number of hydrogen-bond donors (Lipinski definition) is 1. The first-order chi connectivity index (χ1) is 8.54. The lowest BCUT2D eigenvalue weighted by molar-refractivity contribution is -0.123. The third-order valence-corrected chi connectivity index (χ3v) is 2.14. The molecule has 0 saturated carbocycles. The van der Waals surface area contributed by atoms with Gasteiger partial charge in [-0.1, -0.05) is 0 Å². The van der Waals surface area contributed by atoms with Gasteiger partial charge < -0.3 is 10.1 Å². The standard InChI is InChI=1S/C12H12F2N2O2/c1-8-5-9(13)10(14)6-11(8)18-7-12(17)16-4-2-3-15/h5-6H,2,4,7H2,1H3,(H,16,17). The average molecular weight is 254 g/mol. The minimum absolute atomic E-state index is 0.115. The Balaban J connectivity index is 2.51. The molecule has 0 aliphatic heterocycles. The highest BCUT2D eigenvalue weighted by atomic mass is 19.2. The first-order valence-corrected chi connectivity index (χ1v) is 5.26. The molecular weight excluding hydrogens is 242 g/mol. The van der Waals surface area contributed by atoms with Crippen LogP contribution in [0.5, 0.6) is 5.75 Å². The van der Waals surface area contributed by atoms with Gasteiger partial charge >= 0.3 is 0 Å². The molecule has 0 saturated heterocycles. The molecule has 1 rings (SSSR count). The molecule has 0 bridgehead atoms. The van der Waals surface area contributed by atoms with Crippen molar-refractivity contribution in [2.45, 2.75) is 13.3 Å². The fourth-order valence-corrected chi connectivity index (χ4v) is 1.24. The van der Waals surface area contributed by atoms with Gasteiger partial charge in [0.15, 0.2) is 18.2 Å². The number of halogens is 2. The Hall–Kier alpha value is -2.16. The number of ether oxygens (including phenoxy) is 1. The third kappa shape index (κ3) is 4.01. The van der Waals surface area contributed by atoms with Crippen LogP contribution >= 0.6 is 0 Å². The Morgan fingerprint density at radius 2 is 2.11 bits per heavy atom. The smallest absolute Gasteiger partial charge is 0.257 e. The van der Waals surface area contributed by atoms with Crippen molar-refractivity contribution < 1.29 is 18.3 Å². The summed E-state index contributed by atoms with van der Waals surface area (Å²) < 4.78 is 30.8. The quantitative estimate of drug-likeness (QED) is 0.813. The Morgan fingerprint density at radius 3 is 2.78 bits per heavy atom. The zero-order chi connectivity index (χ0) is 13.5. The average Bonchev–Trinajstić information content (AvgIpc) is 2.32. The molecule has 0 heterocycles. The molecule has 6 heteroatoms. The highest BCUT2D eigenvalue weighted by molar-refractivity contribution is 5.77. The second-order valence-corrected chi connectivity index (χ2v) is 3.58. The van der Waals surface area contributed by atoms with E-state index in [0.717, 1.165) is 12.1 Å². The Labute approximate surface area is 103 Å². The SMILES string of the molecule is Cc1cc(F)c(F)cc1OCC(=O)NCCC#N. The number of nitrogens with zero attached hydrogens (tertiary/aromatic N) is 1. The molecule has 96 valence electrons. The number of aryl methyl sites for hydroxylation is 1. The zero-order valence-corrected chi connectivity index (χ0v) is 9.80. The van der Waals surface area contributed by atoms with E-state index in [1.807, 2.05) is 6.07 Å². The van der Waals surface area contributed by atoms with Gasteiger partial charge in [0.25, 0.3) is 5.91 Å². The number of hydrogen-bond acceptors (Lipinski definition) is 3. The lowest BCUT2D eigenvalue weighted by Crippen LogP contribution is -2.29. The normalized spacial score (nSPS) is 9.67. The van der Waals surface area contributed by atoms with Crippen LogP contribution in [-0.2, 0) is 4.79 Å². The summed E-state index contributed by atoms with van der Waals surface area (Å²) in [4.78, 5) is 11.2. The summed E-state index contributed by atoms with van der Waals surface area (Å²) in [5.74, 6) is -2.29. The molecule has 1 aromatic rings. The van der Waals surface area contributed by atoms with Gasteiger partial charge in [-0.15, -0.1) is 0 Å². The second kappa shape index (κ2) is 6.55. The molecule has 1 N–H and O–H groups in total. The van der Waals surface area contributed by atoms with Crippen molar-refractivity contribution in [2.75, 3.05) is 13.2 Å². The van der Waals surface area contributed by atoms with Crippen LogP contribution in [0.15, 0.2) is 12.1 Å². The van der Waals surface area contributed by atoms with E-state index in [0.29, 0.717) is 5.56 Å². The lowest BCUT2D eigenvalue weighted by Gasteiger charge is -2.09. The van der Waals surface area contributed by atoms with Crippen molar-refractivity contribution in [3.63, 3.8) is 0 Å². The molecule has 0 atom stereocenters. The zero-order valence-electron chi connectivity index (χ0n) is 9.80. The van der Waals surface area contributed by atoms with E-state index in [-0.39, 0.29) is 25.3 Å². The molecule has 1 aromatic carbocycles. The van der Waals surface area contributed by atoms with Crippen LogP contribution in [0.3, 0.4) is 0 Å². The maximum atomic E-state index is 12.9. The lowest BCUT2D eigenvalue weighted by atomic mass is 10.2. The van der Waals surface area contributed by atoms with Gasteiger partial charge in [0.05, 0.1) is 12.5 Å². The molecule has 0 fully saturated rings. The maximum absolute atomic E-state index is 12.9. The molecule has 4 nitrogen and oxygen atoms in total. The van der Waals surface area contributed by atoms with Crippen molar-refractivity contribution in [2.24, 2.45) is 0 Å². The van der Waals surface area contributed by atoms with Crippen LogP contribution < -0.4 is 10.1 Å². The van der Waals surface area contributed by atoms with Crippen molar-refractivity contribution in [1.29, 1.82) is 5.26 Å². The van der Waals surface area contributed by atoms with E-state index in [1.54, 1.807) is 6.92 Å². The number of carbonyl (C=O) groups is 1. The molecule has 0 unspecified atom stereocenters. The monoisotopic (exact) mass is 254 g/mol. The highest BCUT2D eigenvalue weighted by Gasteiger charge is 2.09. The predicted molar refractivity (Wildman–Crippen MR) is 59.8 cm³/mol. The summed E-state index contributed by atoms with van der Waals surface area (Å²) in [7, 11) is 0. The number of nitrogens with one attached hydrogen (secondary N) is 1. The first kappa shape index (κ1) is 13.9. The van der Waals surface area contributed by atoms with E-state index in [4.69, 9.17) is 10.00 Å². The predicted octanol–water partition coefficient (Wildman–Crippen LogP) is 1.68. The number of rotatable bonds is 5. The van der Waals surface area contributed by atoms with Crippen LogP contribution in [0, 0.1) is 29.9 Å². The van der Waals surface area contributed by atoms with Gasteiger partial charge in [-0.2, -0.15) is 5.26 Å². The van der Waals surface area contributed by atoms with E-state index in [2.05, 4.69) is 5.32 Å². The summed E-state index contributed by atoms with van der Waals surface area (Å²) in [6.45, 7) is 1.47. The molecule has 0 radical (unpaired) electrons. The first-order valence-electron chi connectivity index (χ1n) is 5.26. The molecule has 1 amide bonds. The van der Waals surface area contributed by atoms with E-state index in [1.165, 1.54) is 0 Å². The fourth-order valence-electron chi connectivity index (χ4n) is 1.24. The van der Waals surface area contributed by atoms with Crippen molar-refractivity contribution in [1.82, 2.24) is 5.32 Å². The number of benzene rings is 1. The molecule has 0 aliphatic rings. The van der Waals surface area contributed by atoms with Gasteiger partial charge in [-0.3, -0.25) is 4.79 Å². The molecule has 0 spiro atoms. The van der Waals surface area contributed by atoms with Gasteiger partial charge in [0, 0.05) is 12.6 Å². The van der Waals surface area contributed by atoms with Crippen LogP contribution in [0.25, 0.3) is 0 Å². The van der Waals surface area contributed by atoms with Crippen LogP contribution in [0.4, 0.5) is 8.78 Å². The number of amides is 1. The van der Waals surface area contributed by atoms with Crippen LogP contribution in [0.2, 0.25) is 0 Å². The molecule has 0 aliphatic carbocycles. The summed E-state index contributed by atoms with van der Waals surface area (Å²) in [5.41, 5.74) is 0.402. The van der Waals surface area contributed by atoms with E-state index >= 15 is 0 Å². The summed E-state index contributed by atoms with van der Waals surface area (Å²) in [5, 5.41) is 10.7. The summed E-state index contributed by atoms with van der Waals surface area (Å²) in [6, 6.07) is 3.77. The minimum Gasteiger partial charge on any atom is -0.483 e. The third-order valence-electron chi connectivity index (χ3n) is 2.14. The summed E-state index contributed by atoms with van der Waals surface area (Å²) >= 11 is 0. The topological polar surface area (TPSA) is 62.1 Å². The Kier molecular flexibility index (Phi) is 5.06. The highest BCUT2D eigenvalue weighted by Crippen LogP contribution is 2.21. The summed E-state index contributed by atoms with van der Waals surface area (Å²) in [6.07, 6.45) is 0.204.